The SMILES string of the molecule is O=Cc1ccnn1-c1cccc(Br)c1F. The molecular weight excluding hydrogens is 263 g/mol. The Kier molecular flexibility index (Phi) is 2.64. The van der Waals surface area contributed by atoms with Crippen LogP contribution in [0.5, 0.6) is 0 Å². The minimum absolute atomic E-state index is 0.247. The Morgan fingerprint density at radius 1 is 1.40 bits per heavy atom. The molecule has 0 unspecified atom stereocenters. The molecule has 0 atom stereocenters. The van der Waals surface area contributed by atoms with Gasteiger partial charge in [0, 0.05) is 0 Å². The van der Waals surface area contributed by atoms with Gasteiger partial charge in [0.05, 0.1) is 10.7 Å². The van der Waals surface area contributed by atoms with E-state index in [1.165, 1.54) is 16.9 Å². The standard InChI is InChI=1S/C10H6BrFN2O/c11-8-2-1-3-9(10(8)12)14-7(6-15)4-5-13-14/h1-6H. The minimum atomic E-state index is -0.440. The number of benzene rings is 1. The first-order valence-corrected chi connectivity index (χ1v) is 4.97. The Balaban J connectivity index is 2.64. The van der Waals surface area contributed by atoms with E-state index in [2.05, 4.69) is 21.0 Å². The van der Waals surface area contributed by atoms with Gasteiger partial charge < -0.3 is 0 Å². The van der Waals surface area contributed by atoms with Crippen molar-refractivity contribution in [2.24, 2.45) is 0 Å². The van der Waals surface area contributed by atoms with Gasteiger partial charge in [-0.3, -0.25) is 4.79 Å². The first-order valence-electron chi connectivity index (χ1n) is 4.17. The average Bonchev–Trinajstić information content (AvgIpc) is 2.70. The first-order chi connectivity index (χ1) is 7.24. The lowest BCUT2D eigenvalue weighted by Crippen LogP contribution is -2.03. The molecule has 0 radical (unpaired) electrons. The van der Waals surface area contributed by atoms with E-state index in [-0.39, 0.29) is 5.69 Å². The van der Waals surface area contributed by atoms with Crippen LogP contribution in [-0.4, -0.2) is 16.1 Å². The van der Waals surface area contributed by atoms with Crippen molar-refractivity contribution in [1.29, 1.82) is 0 Å². The zero-order valence-corrected chi connectivity index (χ0v) is 9.11. The fourth-order valence-electron chi connectivity index (χ4n) is 1.26. The number of aldehydes is 1. The van der Waals surface area contributed by atoms with E-state index in [0.717, 1.165) is 0 Å². The molecular formula is C10H6BrFN2O. The van der Waals surface area contributed by atoms with Gasteiger partial charge in [0.1, 0.15) is 11.4 Å². The average molecular weight is 269 g/mol. The third-order valence-electron chi connectivity index (χ3n) is 1.95. The Morgan fingerprint density at radius 3 is 2.93 bits per heavy atom. The van der Waals surface area contributed by atoms with E-state index in [1.54, 1.807) is 18.2 Å². The Hall–Kier alpha value is -1.49. The van der Waals surface area contributed by atoms with Crippen LogP contribution in [0.4, 0.5) is 4.39 Å². The van der Waals surface area contributed by atoms with E-state index >= 15 is 0 Å². The normalized spacial score (nSPS) is 10.3. The van der Waals surface area contributed by atoms with Gasteiger partial charge in [0.25, 0.3) is 0 Å². The molecule has 0 fully saturated rings. The van der Waals surface area contributed by atoms with E-state index in [1.807, 2.05) is 0 Å². The maximum absolute atomic E-state index is 13.7. The van der Waals surface area contributed by atoms with Crippen LogP contribution in [0, 0.1) is 5.82 Å². The molecule has 2 aromatic rings. The Morgan fingerprint density at radius 2 is 2.20 bits per heavy atom. The van der Waals surface area contributed by atoms with Gasteiger partial charge in [-0.15, -0.1) is 0 Å². The van der Waals surface area contributed by atoms with Crippen LogP contribution in [0.15, 0.2) is 34.9 Å². The van der Waals surface area contributed by atoms with Crippen LogP contribution in [0.25, 0.3) is 5.69 Å². The summed E-state index contributed by atoms with van der Waals surface area (Å²) in [4.78, 5) is 10.7. The number of rotatable bonds is 2. The fraction of sp³-hybridized carbons (Fsp3) is 0. The zero-order valence-electron chi connectivity index (χ0n) is 7.52. The van der Waals surface area contributed by atoms with Crippen molar-refractivity contribution in [1.82, 2.24) is 9.78 Å². The monoisotopic (exact) mass is 268 g/mol. The highest BCUT2D eigenvalue weighted by Gasteiger charge is 2.10. The fourth-order valence-corrected chi connectivity index (χ4v) is 1.62. The molecule has 15 heavy (non-hydrogen) atoms. The van der Waals surface area contributed by atoms with Crippen LogP contribution in [0.1, 0.15) is 10.5 Å². The van der Waals surface area contributed by atoms with Crippen molar-refractivity contribution in [2.45, 2.75) is 0 Å². The number of hydrogen-bond acceptors (Lipinski definition) is 2. The zero-order chi connectivity index (χ0) is 10.8. The molecule has 3 nitrogen and oxygen atoms in total. The number of carbonyl (C=O) groups is 1. The molecule has 0 aliphatic carbocycles. The Bertz CT molecular complexity index is 510. The topological polar surface area (TPSA) is 34.9 Å². The Labute approximate surface area is 93.7 Å². The third-order valence-corrected chi connectivity index (χ3v) is 2.56. The summed E-state index contributed by atoms with van der Waals surface area (Å²) < 4.78 is 15.3. The summed E-state index contributed by atoms with van der Waals surface area (Å²) in [5.41, 5.74) is 0.559. The van der Waals surface area contributed by atoms with Gasteiger partial charge in [-0.05, 0) is 34.1 Å². The van der Waals surface area contributed by atoms with Gasteiger partial charge in [-0.1, -0.05) is 6.07 Å². The maximum atomic E-state index is 13.7. The highest BCUT2D eigenvalue weighted by atomic mass is 79.9. The van der Waals surface area contributed by atoms with E-state index in [4.69, 9.17) is 0 Å². The molecule has 0 aliphatic heterocycles. The molecule has 0 spiro atoms. The molecule has 0 aliphatic rings. The minimum Gasteiger partial charge on any atom is -0.296 e. The van der Waals surface area contributed by atoms with Gasteiger partial charge in [0.15, 0.2) is 12.1 Å². The second kappa shape index (κ2) is 3.94. The van der Waals surface area contributed by atoms with Crippen molar-refractivity contribution in [3.63, 3.8) is 0 Å². The van der Waals surface area contributed by atoms with Crippen molar-refractivity contribution in [3.05, 3.63) is 46.4 Å². The molecule has 1 aromatic heterocycles. The summed E-state index contributed by atoms with van der Waals surface area (Å²) in [5.74, 6) is -0.440. The van der Waals surface area contributed by atoms with Gasteiger partial charge in [-0.2, -0.15) is 5.10 Å². The predicted octanol–water partition coefficient (Wildman–Crippen LogP) is 2.59. The second-order valence-corrected chi connectivity index (χ2v) is 3.71. The lowest BCUT2D eigenvalue weighted by Gasteiger charge is -2.05. The largest absolute Gasteiger partial charge is 0.296 e. The molecule has 0 saturated heterocycles. The highest BCUT2D eigenvalue weighted by Crippen LogP contribution is 2.21. The molecule has 1 aromatic carbocycles. The molecule has 0 bridgehead atoms. The van der Waals surface area contributed by atoms with Crippen molar-refractivity contribution in [3.8, 4) is 5.69 Å². The quantitative estimate of drug-likeness (QED) is 0.785. The summed E-state index contributed by atoms with van der Waals surface area (Å²) >= 11 is 3.07. The van der Waals surface area contributed by atoms with Crippen LogP contribution in [0.3, 0.4) is 0 Å². The summed E-state index contributed by atoms with van der Waals surface area (Å²) in [6.07, 6.45) is 2.08. The molecule has 0 N–H and O–H groups in total. The molecule has 0 saturated carbocycles. The van der Waals surface area contributed by atoms with Gasteiger partial charge >= 0.3 is 0 Å². The maximum Gasteiger partial charge on any atom is 0.168 e. The molecule has 5 heteroatoms. The molecule has 0 amide bonds. The van der Waals surface area contributed by atoms with Crippen LogP contribution in [0.2, 0.25) is 0 Å². The van der Waals surface area contributed by atoms with E-state index < -0.39 is 5.82 Å². The number of carbonyl (C=O) groups excluding carboxylic acids is 1. The summed E-state index contributed by atoms with van der Waals surface area (Å²) in [7, 11) is 0. The van der Waals surface area contributed by atoms with Crippen molar-refractivity contribution in [2.75, 3.05) is 0 Å². The van der Waals surface area contributed by atoms with Gasteiger partial charge in [0.2, 0.25) is 0 Å². The molecule has 1 heterocycles. The number of hydrogen-bond donors (Lipinski definition) is 0. The lowest BCUT2D eigenvalue weighted by molar-refractivity contribution is 0.111. The predicted molar refractivity (Wildman–Crippen MR) is 56.6 cm³/mol. The van der Waals surface area contributed by atoms with Crippen LogP contribution < -0.4 is 0 Å². The number of halogens is 2. The molecule has 76 valence electrons. The third kappa shape index (κ3) is 1.70. The van der Waals surface area contributed by atoms with E-state index in [0.29, 0.717) is 16.5 Å². The smallest absolute Gasteiger partial charge is 0.168 e. The lowest BCUT2D eigenvalue weighted by atomic mass is 10.3. The van der Waals surface area contributed by atoms with Gasteiger partial charge in [-0.25, -0.2) is 9.07 Å². The number of aromatic nitrogens is 2. The van der Waals surface area contributed by atoms with E-state index in [9.17, 15) is 9.18 Å². The van der Waals surface area contributed by atoms with Crippen molar-refractivity contribution >= 4 is 22.2 Å². The first kappa shape index (κ1) is 10.0. The second-order valence-electron chi connectivity index (χ2n) is 2.86. The molecule has 2 rings (SSSR count). The highest BCUT2D eigenvalue weighted by molar-refractivity contribution is 9.10. The van der Waals surface area contributed by atoms with Crippen LogP contribution in [-0.2, 0) is 0 Å². The summed E-state index contributed by atoms with van der Waals surface area (Å²) in [6.45, 7) is 0. The van der Waals surface area contributed by atoms with Crippen LogP contribution >= 0.6 is 15.9 Å². The van der Waals surface area contributed by atoms with Crippen molar-refractivity contribution < 1.29 is 9.18 Å². The summed E-state index contributed by atoms with van der Waals surface area (Å²) in [5, 5.41) is 3.88. The summed E-state index contributed by atoms with van der Waals surface area (Å²) in [6, 6.07) is 6.34. The number of nitrogens with zero attached hydrogens (tertiary/aromatic N) is 2.